The van der Waals surface area contributed by atoms with Crippen LogP contribution < -0.4 is 4.74 Å². The minimum atomic E-state index is -3.55. The maximum atomic E-state index is 13.0. The van der Waals surface area contributed by atoms with Crippen molar-refractivity contribution < 1.29 is 22.7 Å². The smallest absolute Gasteiger partial charge is 0.157 e. The van der Waals surface area contributed by atoms with Crippen LogP contribution in [-0.2, 0) is 15.6 Å². The number of sulfone groups is 1. The summed E-state index contributed by atoms with van der Waals surface area (Å²) in [5, 5.41) is 9.80. The molecule has 118 valence electrons. The second kappa shape index (κ2) is 7.38. The molecule has 0 heterocycles. The van der Waals surface area contributed by atoms with Crippen LogP contribution in [0.1, 0.15) is 5.56 Å². The van der Waals surface area contributed by atoms with Gasteiger partial charge in [-0.15, -0.1) is 0 Å². The van der Waals surface area contributed by atoms with Crippen LogP contribution in [0.4, 0.5) is 4.39 Å². The zero-order chi connectivity index (χ0) is 16.0. The molecule has 4 nitrogen and oxygen atoms in total. The molecule has 0 aliphatic carbocycles. The molecular formula is C16H17FO4S. The summed E-state index contributed by atoms with van der Waals surface area (Å²) in [5.74, 6) is -0.673. The van der Waals surface area contributed by atoms with Crippen molar-refractivity contribution in [3.63, 3.8) is 0 Å². The van der Waals surface area contributed by atoms with E-state index >= 15 is 0 Å². The number of para-hydroxylation sites is 1. The number of hydrogen-bond donors (Lipinski definition) is 1. The summed E-state index contributed by atoms with van der Waals surface area (Å²) >= 11 is 0. The predicted molar refractivity (Wildman–Crippen MR) is 81.8 cm³/mol. The third-order valence-electron chi connectivity index (χ3n) is 2.91. The van der Waals surface area contributed by atoms with Crippen LogP contribution in [0.15, 0.2) is 54.6 Å². The third kappa shape index (κ3) is 5.46. The molecule has 1 N–H and O–H groups in total. The van der Waals surface area contributed by atoms with E-state index in [0.717, 1.165) is 0 Å². The Bertz CT molecular complexity index is 701. The fourth-order valence-corrected chi connectivity index (χ4v) is 3.48. The van der Waals surface area contributed by atoms with Gasteiger partial charge in [-0.1, -0.05) is 30.3 Å². The molecule has 2 rings (SSSR count). The van der Waals surface area contributed by atoms with Crippen molar-refractivity contribution in [1.29, 1.82) is 0 Å². The summed E-state index contributed by atoms with van der Waals surface area (Å²) < 4.78 is 42.3. The van der Waals surface area contributed by atoms with Crippen LogP contribution in [-0.4, -0.2) is 32.0 Å². The van der Waals surface area contributed by atoms with Gasteiger partial charge in [0, 0.05) is 0 Å². The molecule has 0 aromatic heterocycles. The van der Waals surface area contributed by atoms with Crippen LogP contribution in [0, 0.1) is 5.82 Å². The van der Waals surface area contributed by atoms with E-state index in [4.69, 9.17) is 4.74 Å². The second-order valence-electron chi connectivity index (χ2n) is 4.96. The first-order valence-electron chi connectivity index (χ1n) is 6.75. The molecule has 0 fully saturated rings. The summed E-state index contributed by atoms with van der Waals surface area (Å²) in [7, 11) is -3.55. The lowest BCUT2D eigenvalue weighted by atomic mass is 10.2. The first kappa shape index (κ1) is 16.5. The molecule has 2 aromatic rings. The standard InChI is InChI=1S/C16H17FO4S/c17-14-6-4-5-13(9-14)11-22(19,20)12-15(18)10-21-16-7-2-1-3-8-16/h1-9,15,18H,10-12H2. The van der Waals surface area contributed by atoms with Crippen molar-refractivity contribution in [2.75, 3.05) is 12.4 Å². The zero-order valence-corrected chi connectivity index (χ0v) is 12.7. The summed E-state index contributed by atoms with van der Waals surface area (Å²) in [4.78, 5) is 0. The van der Waals surface area contributed by atoms with Crippen LogP contribution in [0.3, 0.4) is 0 Å². The molecule has 6 heteroatoms. The molecule has 22 heavy (non-hydrogen) atoms. The molecule has 0 aliphatic rings. The minimum absolute atomic E-state index is 0.119. The highest BCUT2D eigenvalue weighted by molar-refractivity contribution is 7.90. The maximum Gasteiger partial charge on any atom is 0.157 e. The van der Waals surface area contributed by atoms with Crippen molar-refractivity contribution >= 4 is 9.84 Å². The first-order chi connectivity index (χ1) is 10.4. The van der Waals surface area contributed by atoms with Crippen LogP contribution >= 0.6 is 0 Å². The maximum absolute atomic E-state index is 13.0. The monoisotopic (exact) mass is 324 g/mol. The van der Waals surface area contributed by atoms with Gasteiger partial charge in [0.2, 0.25) is 0 Å². The van der Waals surface area contributed by atoms with Crippen LogP contribution in [0.5, 0.6) is 5.75 Å². The molecule has 0 amide bonds. The predicted octanol–water partition coefficient (Wildman–Crippen LogP) is 2.18. The number of hydrogen-bond acceptors (Lipinski definition) is 4. The van der Waals surface area contributed by atoms with Gasteiger partial charge in [0.05, 0.1) is 11.5 Å². The van der Waals surface area contributed by atoms with Gasteiger partial charge in [0.15, 0.2) is 9.84 Å². The Hall–Kier alpha value is -1.92. The van der Waals surface area contributed by atoms with Crippen molar-refractivity contribution in [1.82, 2.24) is 0 Å². The number of benzene rings is 2. The molecular weight excluding hydrogens is 307 g/mol. The van der Waals surface area contributed by atoms with Crippen molar-refractivity contribution in [3.05, 3.63) is 66.0 Å². The van der Waals surface area contributed by atoms with Gasteiger partial charge >= 0.3 is 0 Å². The van der Waals surface area contributed by atoms with Crippen LogP contribution in [0.2, 0.25) is 0 Å². The van der Waals surface area contributed by atoms with Crippen molar-refractivity contribution in [2.45, 2.75) is 11.9 Å². The molecule has 2 aromatic carbocycles. The second-order valence-corrected chi connectivity index (χ2v) is 7.07. The quantitative estimate of drug-likeness (QED) is 0.848. The zero-order valence-electron chi connectivity index (χ0n) is 11.9. The number of aliphatic hydroxyl groups excluding tert-OH is 1. The number of halogens is 1. The minimum Gasteiger partial charge on any atom is -0.491 e. The van der Waals surface area contributed by atoms with Gasteiger partial charge in [-0.3, -0.25) is 0 Å². The summed E-state index contributed by atoms with van der Waals surface area (Å²) in [6, 6.07) is 14.2. The van der Waals surface area contributed by atoms with Gasteiger partial charge in [-0.05, 0) is 29.8 Å². The molecule has 0 bridgehead atoms. The third-order valence-corrected chi connectivity index (χ3v) is 4.57. The Balaban J connectivity index is 1.88. The molecule has 1 unspecified atom stereocenters. The Morgan fingerprint density at radius 1 is 1.09 bits per heavy atom. The van der Waals surface area contributed by atoms with E-state index in [9.17, 15) is 17.9 Å². The van der Waals surface area contributed by atoms with E-state index in [1.165, 1.54) is 24.3 Å². The lowest BCUT2D eigenvalue weighted by Crippen LogP contribution is -2.27. The molecule has 0 saturated carbocycles. The molecule has 1 atom stereocenters. The van der Waals surface area contributed by atoms with Gasteiger partial charge in [0.25, 0.3) is 0 Å². The summed E-state index contributed by atoms with van der Waals surface area (Å²) in [6.07, 6.45) is -1.14. The van der Waals surface area contributed by atoms with E-state index in [-0.39, 0.29) is 12.4 Å². The molecule has 0 spiro atoms. The average molecular weight is 324 g/mol. The largest absolute Gasteiger partial charge is 0.491 e. The van der Waals surface area contributed by atoms with Gasteiger partial charge < -0.3 is 9.84 Å². The lowest BCUT2D eigenvalue weighted by molar-refractivity contribution is 0.125. The van der Waals surface area contributed by atoms with Gasteiger partial charge in [-0.2, -0.15) is 0 Å². The molecule has 0 radical (unpaired) electrons. The fraction of sp³-hybridized carbons (Fsp3) is 0.250. The van der Waals surface area contributed by atoms with E-state index < -0.39 is 27.5 Å². The highest BCUT2D eigenvalue weighted by atomic mass is 32.2. The SMILES string of the molecule is O=S(=O)(Cc1cccc(F)c1)CC(O)COc1ccccc1. The summed E-state index contributed by atoms with van der Waals surface area (Å²) in [6.45, 7) is -0.119. The topological polar surface area (TPSA) is 63.6 Å². The Morgan fingerprint density at radius 2 is 1.82 bits per heavy atom. The highest BCUT2D eigenvalue weighted by Gasteiger charge is 2.19. The van der Waals surface area contributed by atoms with Crippen LogP contribution in [0.25, 0.3) is 0 Å². The van der Waals surface area contributed by atoms with Gasteiger partial charge in [0.1, 0.15) is 24.3 Å². The van der Waals surface area contributed by atoms with E-state index in [2.05, 4.69) is 0 Å². The Labute approximate surface area is 129 Å². The van der Waals surface area contributed by atoms with Crippen molar-refractivity contribution in [2.24, 2.45) is 0 Å². The van der Waals surface area contributed by atoms with Gasteiger partial charge in [-0.25, -0.2) is 12.8 Å². The average Bonchev–Trinajstić information content (AvgIpc) is 2.45. The number of ether oxygens (including phenoxy) is 1. The Morgan fingerprint density at radius 3 is 2.50 bits per heavy atom. The molecule has 0 saturated heterocycles. The Kier molecular flexibility index (Phi) is 5.51. The number of aliphatic hydroxyl groups is 1. The van der Waals surface area contributed by atoms with E-state index in [1.807, 2.05) is 6.07 Å². The van der Waals surface area contributed by atoms with Crippen molar-refractivity contribution in [3.8, 4) is 5.75 Å². The van der Waals surface area contributed by atoms with E-state index in [0.29, 0.717) is 11.3 Å². The lowest BCUT2D eigenvalue weighted by Gasteiger charge is -2.13. The van der Waals surface area contributed by atoms with E-state index in [1.54, 1.807) is 24.3 Å². The fourth-order valence-electron chi connectivity index (χ4n) is 1.99. The highest BCUT2D eigenvalue weighted by Crippen LogP contribution is 2.12. The number of rotatable bonds is 7. The summed E-state index contributed by atoms with van der Waals surface area (Å²) in [5.41, 5.74) is 0.358. The first-order valence-corrected chi connectivity index (χ1v) is 8.57. The molecule has 0 aliphatic heterocycles. The normalized spacial score (nSPS) is 12.8.